The largest absolute Gasteiger partial charge is 0.497 e. The summed E-state index contributed by atoms with van der Waals surface area (Å²) in [6.45, 7) is 0.0924. The van der Waals surface area contributed by atoms with E-state index >= 15 is 0 Å². The van der Waals surface area contributed by atoms with Crippen LogP contribution in [0.25, 0.3) is 17.2 Å². The van der Waals surface area contributed by atoms with Gasteiger partial charge in [-0.3, -0.25) is 0 Å². The van der Waals surface area contributed by atoms with Gasteiger partial charge in [0, 0.05) is 13.2 Å². The summed E-state index contributed by atoms with van der Waals surface area (Å²) in [4.78, 5) is 21.3. The first kappa shape index (κ1) is 17.5. The van der Waals surface area contributed by atoms with Gasteiger partial charge in [0.2, 0.25) is 11.8 Å². The molecule has 142 valence electrons. The Bertz CT molecular complexity index is 1120. The highest BCUT2D eigenvalue weighted by Crippen LogP contribution is 2.21. The number of nitrogens with one attached hydrogen (secondary N) is 1. The molecule has 0 spiro atoms. The maximum atomic E-state index is 12.7. The molecule has 0 bridgehead atoms. The highest BCUT2D eigenvalue weighted by atomic mass is 16.5. The van der Waals surface area contributed by atoms with Gasteiger partial charge in [-0.2, -0.15) is 4.52 Å². The first-order chi connectivity index (χ1) is 13.7. The van der Waals surface area contributed by atoms with E-state index in [-0.39, 0.29) is 12.2 Å². The molecule has 0 radical (unpaired) electrons. The Hall–Kier alpha value is -3.88. The lowest BCUT2D eigenvalue weighted by molar-refractivity contribution is 0.0473. The van der Waals surface area contributed by atoms with E-state index in [0.29, 0.717) is 28.9 Å². The topological polar surface area (TPSA) is 104 Å². The SMILES string of the molecule is CNc1ncc(C(=O)OCc2cccc(OC)c2)c2nc(-c3ccco3)nn12. The second-order valence-corrected chi connectivity index (χ2v) is 5.82. The minimum absolute atomic E-state index is 0.0924. The normalized spacial score (nSPS) is 10.8. The van der Waals surface area contributed by atoms with Crippen LogP contribution in [-0.2, 0) is 11.3 Å². The molecule has 0 atom stereocenters. The number of ether oxygens (including phenoxy) is 2. The third-order valence-electron chi connectivity index (χ3n) is 4.05. The van der Waals surface area contributed by atoms with Crippen molar-refractivity contribution < 1.29 is 18.7 Å². The average molecular weight is 379 g/mol. The van der Waals surface area contributed by atoms with Gasteiger partial charge >= 0.3 is 5.97 Å². The Morgan fingerprint density at radius 1 is 1.29 bits per heavy atom. The number of carbonyl (C=O) groups excluding carboxylic acids is 1. The lowest BCUT2D eigenvalue weighted by atomic mass is 10.2. The van der Waals surface area contributed by atoms with Crippen molar-refractivity contribution in [3.8, 4) is 17.3 Å². The van der Waals surface area contributed by atoms with Crippen molar-refractivity contribution in [1.29, 1.82) is 0 Å². The minimum Gasteiger partial charge on any atom is -0.497 e. The molecule has 3 aromatic heterocycles. The Morgan fingerprint density at radius 2 is 2.18 bits per heavy atom. The number of esters is 1. The van der Waals surface area contributed by atoms with E-state index in [1.54, 1.807) is 32.4 Å². The first-order valence-electron chi connectivity index (χ1n) is 8.47. The van der Waals surface area contributed by atoms with Crippen molar-refractivity contribution in [2.75, 3.05) is 19.5 Å². The standard InChI is InChI=1S/C19H17N5O4/c1-20-19-21-10-14(17-22-16(23-24(17)19)15-7-4-8-27-15)18(25)28-11-12-5-3-6-13(9-12)26-2/h3-10H,11H2,1-2H3,(H,20,21). The molecule has 28 heavy (non-hydrogen) atoms. The van der Waals surface area contributed by atoms with Gasteiger partial charge in [0.15, 0.2) is 11.4 Å². The van der Waals surface area contributed by atoms with Crippen LogP contribution in [-0.4, -0.2) is 39.7 Å². The number of methoxy groups -OCH3 is 1. The monoisotopic (exact) mass is 379 g/mol. The molecule has 0 aliphatic heterocycles. The molecule has 0 unspecified atom stereocenters. The molecule has 0 aliphatic rings. The number of aromatic nitrogens is 4. The number of anilines is 1. The summed E-state index contributed by atoms with van der Waals surface area (Å²) in [5.74, 6) is 1.40. The molecule has 9 heteroatoms. The number of benzene rings is 1. The van der Waals surface area contributed by atoms with Crippen LogP contribution >= 0.6 is 0 Å². The Kier molecular flexibility index (Phi) is 4.63. The highest BCUT2D eigenvalue weighted by Gasteiger charge is 2.20. The van der Waals surface area contributed by atoms with Crippen LogP contribution in [0.15, 0.2) is 53.3 Å². The van der Waals surface area contributed by atoms with Gasteiger partial charge < -0.3 is 19.2 Å². The summed E-state index contributed by atoms with van der Waals surface area (Å²) in [6, 6.07) is 10.8. The van der Waals surface area contributed by atoms with E-state index < -0.39 is 5.97 Å². The molecule has 0 saturated heterocycles. The summed E-state index contributed by atoms with van der Waals surface area (Å²) >= 11 is 0. The molecule has 4 rings (SSSR count). The number of hydrogen-bond acceptors (Lipinski definition) is 8. The van der Waals surface area contributed by atoms with Gasteiger partial charge in [-0.1, -0.05) is 12.1 Å². The van der Waals surface area contributed by atoms with Crippen molar-refractivity contribution in [3.63, 3.8) is 0 Å². The zero-order valence-electron chi connectivity index (χ0n) is 15.2. The van der Waals surface area contributed by atoms with E-state index in [2.05, 4.69) is 20.4 Å². The summed E-state index contributed by atoms with van der Waals surface area (Å²) < 4.78 is 17.4. The van der Waals surface area contributed by atoms with Gasteiger partial charge in [-0.25, -0.2) is 14.8 Å². The summed E-state index contributed by atoms with van der Waals surface area (Å²) in [6.07, 6.45) is 2.94. The van der Waals surface area contributed by atoms with E-state index in [1.807, 2.05) is 18.2 Å². The predicted molar refractivity (Wildman–Crippen MR) is 100 cm³/mol. The second kappa shape index (κ2) is 7.39. The third-order valence-corrected chi connectivity index (χ3v) is 4.05. The molecular weight excluding hydrogens is 362 g/mol. The fourth-order valence-corrected chi connectivity index (χ4v) is 2.69. The lowest BCUT2D eigenvalue weighted by Crippen LogP contribution is -2.11. The van der Waals surface area contributed by atoms with Crippen molar-refractivity contribution in [2.45, 2.75) is 6.61 Å². The second-order valence-electron chi connectivity index (χ2n) is 5.82. The molecule has 4 aromatic rings. The molecule has 0 aliphatic carbocycles. The van der Waals surface area contributed by atoms with Crippen molar-refractivity contribution >= 4 is 17.6 Å². The number of carbonyl (C=O) groups is 1. The molecule has 9 nitrogen and oxygen atoms in total. The maximum Gasteiger partial charge on any atom is 0.343 e. The summed E-state index contributed by atoms with van der Waals surface area (Å²) in [5.41, 5.74) is 1.33. The van der Waals surface area contributed by atoms with Gasteiger partial charge in [-0.05, 0) is 29.8 Å². The molecule has 0 saturated carbocycles. The zero-order valence-corrected chi connectivity index (χ0v) is 15.2. The first-order valence-corrected chi connectivity index (χ1v) is 8.47. The fraction of sp³-hybridized carbons (Fsp3) is 0.158. The number of rotatable bonds is 6. The van der Waals surface area contributed by atoms with Crippen LogP contribution in [0.3, 0.4) is 0 Å². The Labute approximate surface area is 159 Å². The van der Waals surface area contributed by atoms with Gasteiger partial charge in [0.25, 0.3) is 0 Å². The van der Waals surface area contributed by atoms with E-state index in [9.17, 15) is 4.79 Å². The number of furan rings is 1. The van der Waals surface area contributed by atoms with Crippen LogP contribution in [0.2, 0.25) is 0 Å². The number of fused-ring (bicyclic) bond motifs is 1. The third kappa shape index (κ3) is 3.25. The molecule has 1 aromatic carbocycles. The van der Waals surface area contributed by atoms with Gasteiger partial charge in [0.05, 0.1) is 13.4 Å². The zero-order chi connectivity index (χ0) is 19.5. The van der Waals surface area contributed by atoms with Crippen LogP contribution in [0.1, 0.15) is 15.9 Å². The quantitative estimate of drug-likeness (QED) is 0.510. The Morgan fingerprint density at radius 3 is 2.93 bits per heavy atom. The predicted octanol–water partition coefficient (Wildman–Crippen LogP) is 2.79. The molecule has 0 amide bonds. The lowest BCUT2D eigenvalue weighted by Gasteiger charge is -2.08. The fourth-order valence-electron chi connectivity index (χ4n) is 2.69. The highest BCUT2D eigenvalue weighted by molar-refractivity contribution is 5.96. The smallest absolute Gasteiger partial charge is 0.343 e. The van der Waals surface area contributed by atoms with Gasteiger partial charge in [-0.15, -0.1) is 5.10 Å². The Balaban J connectivity index is 1.64. The number of hydrogen-bond donors (Lipinski definition) is 1. The minimum atomic E-state index is -0.554. The van der Waals surface area contributed by atoms with Crippen LogP contribution in [0, 0.1) is 0 Å². The molecule has 3 heterocycles. The van der Waals surface area contributed by atoms with Crippen LogP contribution < -0.4 is 10.1 Å². The van der Waals surface area contributed by atoms with E-state index in [4.69, 9.17) is 13.9 Å². The average Bonchev–Trinajstić information content (AvgIpc) is 3.41. The van der Waals surface area contributed by atoms with Crippen molar-refractivity contribution in [2.24, 2.45) is 0 Å². The van der Waals surface area contributed by atoms with E-state index in [1.165, 1.54) is 17.0 Å². The van der Waals surface area contributed by atoms with E-state index in [0.717, 1.165) is 5.56 Å². The van der Waals surface area contributed by atoms with Crippen molar-refractivity contribution in [1.82, 2.24) is 19.6 Å². The summed E-state index contributed by atoms with van der Waals surface area (Å²) in [5, 5.41) is 7.29. The van der Waals surface area contributed by atoms with Crippen molar-refractivity contribution in [3.05, 3.63) is 60.0 Å². The van der Waals surface area contributed by atoms with Gasteiger partial charge in [0.1, 0.15) is 17.9 Å². The van der Waals surface area contributed by atoms with Crippen LogP contribution in [0.4, 0.5) is 5.95 Å². The number of nitrogens with zero attached hydrogens (tertiary/aromatic N) is 4. The maximum absolute atomic E-state index is 12.7. The molecule has 1 N–H and O–H groups in total. The molecule has 0 fully saturated rings. The summed E-state index contributed by atoms with van der Waals surface area (Å²) in [7, 11) is 3.29. The molecular formula is C19H17N5O4. The van der Waals surface area contributed by atoms with Crippen LogP contribution in [0.5, 0.6) is 5.75 Å².